The Hall–Kier alpha value is -1.60. The van der Waals surface area contributed by atoms with E-state index in [1.54, 1.807) is 0 Å². The molecule has 0 saturated heterocycles. The van der Waals surface area contributed by atoms with Gasteiger partial charge in [0.05, 0.1) is 12.7 Å². The van der Waals surface area contributed by atoms with Gasteiger partial charge in [0, 0.05) is 13.1 Å². The zero-order valence-corrected chi connectivity index (χ0v) is 13.5. The Labute approximate surface area is 125 Å². The SMILES string of the molecule is CCC(CC)N(C)S(=O)(=O)c1ccc(C(=O)O)cc1OC. The zero-order chi connectivity index (χ0) is 16.2. The van der Waals surface area contributed by atoms with Gasteiger partial charge in [0.15, 0.2) is 0 Å². The van der Waals surface area contributed by atoms with Crippen LogP contribution in [0.5, 0.6) is 5.75 Å². The van der Waals surface area contributed by atoms with E-state index >= 15 is 0 Å². The summed E-state index contributed by atoms with van der Waals surface area (Å²) in [5.41, 5.74) is -0.0176. The van der Waals surface area contributed by atoms with Gasteiger partial charge in [0.25, 0.3) is 0 Å². The summed E-state index contributed by atoms with van der Waals surface area (Å²) in [6.45, 7) is 3.84. The highest BCUT2D eigenvalue weighted by Gasteiger charge is 2.29. The van der Waals surface area contributed by atoms with Crippen molar-refractivity contribution in [2.75, 3.05) is 14.2 Å². The number of carboxylic acids is 1. The van der Waals surface area contributed by atoms with Crippen LogP contribution >= 0.6 is 0 Å². The molecule has 0 unspecified atom stereocenters. The predicted molar refractivity (Wildman–Crippen MR) is 79.3 cm³/mol. The van der Waals surface area contributed by atoms with Crippen molar-refractivity contribution in [2.45, 2.75) is 37.6 Å². The van der Waals surface area contributed by atoms with Crippen molar-refractivity contribution in [3.05, 3.63) is 23.8 Å². The summed E-state index contributed by atoms with van der Waals surface area (Å²) in [4.78, 5) is 10.9. The molecule has 1 rings (SSSR count). The maximum Gasteiger partial charge on any atom is 0.335 e. The second-order valence-corrected chi connectivity index (χ2v) is 6.63. The quantitative estimate of drug-likeness (QED) is 0.834. The first-order chi connectivity index (χ1) is 9.79. The maximum absolute atomic E-state index is 12.7. The van der Waals surface area contributed by atoms with E-state index in [1.165, 1.54) is 36.7 Å². The summed E-state index contributed by atoms with van der Waals surface area (Å²) in [5.74, 6) is -1.10. The number of sulfonamides is 1. The minimum absolute atomic E-state index is 0.0176. The first-order valence-electron chi connectivity index (χ1n) is 6.68. The van der Waals surface area contributed by atoms with Crippen molar-refractivity contribution in [3.8, 4) is 5.75 Å². The smallest absolute Gasteiger partial charge is 0.335 e. The normalized spacial score (nSPS) is 11.9. The zero-order valence-electron chi connectivity index (χ0n) is 12.7. The number of rotatable bonds is 7. The van der Waals surface area contributed by atoms with Crippen molar-refractivity contribution in [1.82, 2.24) is 4.31 Å². The van der Waals surface area contributed by atoms with Gasteiger partial charge >= 0.3 is 5.97 Å². The van der Waals surface area contributed by atoms with Crippen LogP contribution in [0, 0.1) is 0 Å². The van der Waals surface area contributed by atoms with E-state index in [4.69, 9.17) is 9.84 Å². The lowest BCUT2D eigenvalue weighted by Crippen LogP contribution is -2.36. The molecule has 7 heteroatoms. The van der Waals surface area contributed by atoms with Crippen LogP contribution in [0.25, 0.3) is 0 Å². The lowest BCUT2D eigenvalue weighted by Gasteiger charge is -2.26. The minimum atomic E-state index is -3.73. The number of ether oxygens (including phenoxy) is 1. The van der Waals surface area contributed by atoms with E-state index in [9.17, 15) is 13.2 Å². The third-order valence-corrected chi connectivity index (χ3v) is 5.47. The first kappa shape index (κ1) is 17.5. The monoisotopic (exact) mass is 315 g/mol. The largest absolute Gasteiger partial charge is 0.495 e. The van der Waals surface area contributed by atoms with Gasteiger partial charge in [-0.15, -0.1) is 0 Å². The molecule has 1 aromatic rings. The second-order valence-electron chi connectivity index (χ2n) is 4.66. The van der Waals surface area contributed by atoms with Crippen molar-refractivity contribution < 1.29 is 23.1 Å². The van der Waals surface area contributed by atoms with Crippen LogP contribution in [0.2, 0.25) is 0 Å². The summed E-state index contributed by atoms with van der Waals surface area (Å²) < 4.78 is 31.7. The summed E-state index contributed by atoms with van der Waals surface area (Å²) in [6.07, 6.45) is 1.39. The minimum Gasteiger partial charge on any atom is -0.495 e. The molecule has 0 saturated carbocycles. The van der Waals surface area contributed by atoms with E-state index in [2.05, 4.69) is 0 Å². The third-order valence-electron chi connectivity index (χ3n) is 3.52. The fraction of sp³-hybridized carbons (Fsp3) is 0.500. The Morgan fingerprint density at radius 1 is 1.33 bits per heavy atom. The fourth-order valence-electron chi connectivity index (χ4n) is 2.17. The molecule has 0 spiro atoms. The van der Waals surface area contributed by atoms with Crippen molar-refractivity contribution in [1.29, 1.82) is 0 Å². The highest BCUT2D eigenvalue weighted by atomic mass is 32.2. The lowest BCUT2D eigenvalue weighted by atomic mass is 10.2. The van der Waals surface area contributed by atoms with Crippen LogP contribution in [0.4, 0.5) is 0 Å². The fourth-order valence-corrected chi connectivity index (χ4v) is 3.81. The molecule has 1 N–H and O–H groups in total. The van der Waals surface area contributed by atoms with E-state index in [-0.39, 0.29) is 22.3 Å². The molecule has 0 aliphatic carbocycles. The molecule has 0 aliphatic rings. The summed E-state index contributed by atoms with van der Waals surface area (Å²) in [6, 6.07) is 3.64. The van der Waals surface area contributed by atoms with Crippen LogP contribution in [-0.4, -0.2) is 44.0 Å². The Bertz CT molecular complexity index is 608. The van der Waals surface area contributed by atoms with Gasteiger partial charge < -0.3 is 9.84 Å². The molecule has 0 bridgehead atoms. The van der Waals surface area contributed by atoms with Crippen LogP contribution in [-0.2, 0) is 10.0 Å². The molecule has 0 amide bonds. The molecule has 21 heavy (non-hydrogen) atoms. The average Bonchev–Trinajstić information content (AvgIpc) is 2.47. The maximum atomic E-state index is 12.7. The second kappa shape index (κ2) is 6.91. The Kier molecular flexibility index (Phi) is 5.74. The molecule has 0 aromatic heterocycles. The summed E-state index contributed by atoms with van der Waals surface area (Å²) >= 11 is 0. The van der Waals surface area contributed by atoms with Gasteiger partial charge in [0.2, 0.25) is 10.0 Å². The molecule has 1 aromatic carbocycles. The number of carboxylic acid groups (broad SMARTS) is 1. The van der Waals surface area contributed by atoms with E-state index < -0.39 is 16.0 Å². The Morgan fingerprint density at radius 2 is 1.90 bits per heavy atom. The van der Waals surface area contributed by atoms with Gasteiger partial charge in [-0.3, -0.25) is 0 Å². The van der Waals surface area contributed by atoms with Gasteiger partial charge in [0.1, 0.15) is 10.6 Å². The Morgan fingerprint density at radius 3 is 2.33 bits per heavy atom. The molecule has 0 fully saturated rings. The van der Waals surface area contributed by atoms with E-state index in [0.29, 0.717) is 12.8 Å². The highest BCUT2D eigenvalue weighted by molar-refractivity contribution is 7.89. The summed E-state index contributed by atoms with van der Waals surface area (Å²) in [5, 5.41) is 8.96. The average molecular weight is 315 g/mol. The number of carbonyl (C=O) groups is 1. The number of hydrogen-bond acceptors (Lipinski definition) is 4. The molecular weight excluding hydrogens is 294 g/mol. The number of hydrogen-bond donors (Lipinski definition) is 1. The first-order valence-corrected chi connectivity index (χ1v) is 8.12. The number of nitrogens with zero attached hydrogens (tertiary/aromatic N) is 1. The van der Waals surface area contributed by atoms with Crippen LogP contribution in [0.3, 0.4) is 0 Å². The highest BCUT2D eigenvalue weighted by Crippen LogP contribution is 2.29. The van der Waals surface area contributed by atoms with Crippen LogP contribution in [0.1, 0.15) is 37.0 Å². The molecule has 0 heterocycles. The number of benzene rings is 1. The van der Waals surface area contributed by atoms with Crippen LogP contribution in [0.15, 0.2) is 23.1 Å². The van der Waals surface area contributed by atoms with Crippen molar-refractivity contribution >= 4 is 16.0 Å². The molecule has 118 valence electrons. The molecule has 0 radical (unpaired) electrons. The lowest BCUT2D eigenvalue weighted by molar-refractivity contribution is 0.0696. The predicted octanol–water partition coefficient (Wildman–Crippen LogP) is 2.20. The third kappa shape index (κ3) is 3.54. The topological polar surface area (TPSA) is 83.9 Å². The Balaban J connectivity index is 3.34. The van der Waals surface area contributed by atoms with E-state index in [0.717, 1.165) is 0 Å². The van der Waals surface area contributed by atoms with Crippen molar-refractivity contribution in [3.63, 3.8) is 0 Å². The van der Waals surface area contributed by atoms with Gasteiger partial charge in [-0.05, 0) is 31.0 Å². The van der Waals surface area contributed by atoms with Gasteiger partial charge in [-0.2, -0.15) is 4.31 Å². The van der Waals surface area contributed by atoms with Gasteiger partial charge in [-0.1, -0.05) is 13.8 Å². The van der Waals surface area contributed by atoms with E-state index in [1.807, 2.05) is 13.8 Å². The van der Waals surface area contributed by atoms with Crippen molar-refractivity contribution in [2.24, 2.45) is 0 Å². The molecule has 0 aliphatic heterocycles. The molecular formula is C14H21NO5S. The molecule has 0 atom stereocenters. The number of aromatic carboxylic acids is 1. The summed E-state index contributed by atoms with van der Waals surface area (Å²) in [7, 11) is -0.890. The van der Waals surface area contributed by atoms with Gasteiger partial charge in [-0.25, -0.2) is 13.2 Å². The van der Waals surface area contributed by atoms with Crippen LogP contribution < -0.4 is 4.74 Å². The number of methoxy groups -OCH3 is 1. The molecule has 6 nitrogen and oxygen atoms in total. The standard InChI is InChI=1S/C14H21NO5S/c1-5-11(6-2)15(3)21(18,19)13-8-7-10(14(16)17)9-12(13)20-4/h7-9,11H,5-6H2,1-4H3,(H,16,17).